The average Bonchev–Trinajstić information content (AvgIpc) is 3.82. The molecule has 1 amide bonds. The maximum absolute atomic E-state index is 15.1. The lowest BCUT2D eigenvalue weighted by atomic mass is 9.89. The Kier molecular flexibility index (Phi) is 9.31. The molecule has 1 saturated heterocycles. The molecule has 1 aliphatic carbocycles. The molecule has 2 fully saturated rings. The highest BCUT2D eigenvalue weighted by Gasteiger charge is 2.49. The standard InChI is InChI=1S/C31H31Cl2FN2O6S/c1-2-23(18-35(43(40,41)24-14-15-24)26-9-4-3-8-25(26)34)36-29(19-10-12-21(32)13-11-19)30(20-6-5-7-22(33)16-20)42-27(31(36)39)17-28(37)38/h3-13,16,23-24,27,29-30H,2,14-15,17-18H2,1H3,(H,37,38)/t23?,27-,29+,30+/m0/s1. The zero-order chi connectivity index (χ0) is 30.9. The van der Waals surface area contributed by atoms with Gasteiger partial charge in [-0.25, -0.2) is 12.8 Å². The second-order valence-corrected chi connectivity index (χ2v) is 13.7. The first kappa shape index (κ1) is 31.3. The average molecular weight is 650 g/mol. The van der Waals surface area contributed by atoms with Crippen molar-refractivity contribution in [3.05, 3.63) is 99.8 Å². The van der Waals surface area contributed by atoms with Crippen LogP contribution in [0.4, 0.5) is 10.1 Å². The number of para-hydroxylation sites is 1. The molecule has 3 aromatic rings. The highest BCUT2D eigenvalue weighted by molar-refractivity contribution is 7.93. The van der Waals surface area contributed by atoms with Crippen LogP contribution in [0.5, 0.6) is 0 Å². The number of halogens is 3. The Hall–Kier alpha value is -3.18. The second-order valence-electron chi connectivity index (χ2n) is 10.7. The van der Waals surface area contributed by atoms with E-state index in [2.05, 4.69) is 0 Å². The third-order valence-corrected chi connectivity index (χ3v) is 10.6. The fraction of sp³-hybridized carbons (Fsp3) is 0.355. The quantitative estimate of drug-likeness (QED) is 0.258. The van der Waals surface area contributed by atoms with Crippen molar-refractivity contribution in [1.82, 2.24) is 4.90 Å². The summed E-state index contributed by atoms with van der Waals surface area (Å²) in [4.78, 5) is 27.5. The van der Waals surface area contributed by atoms with Crippen LogP contribution in [0.25, 0.3) is 0 Å². The predicted molar refractivity (Wildman–Crippen MR) is 162 cm³/mol. The van der Waals surface area contributed by atoms with E-state index in [1.807, 2.05) is 0 Å². The third kappa shape index (κ3) is 6.67. The first-order valence-electron chi connectivity index (χ1n) is 14.0. The molecular weight excluding hydrogens is 618 g/mol. The van der Waals surface area contributed by atoms with E-state index in [0.717, 1.165) is 4.31 Å². The Morgan fingerprint density at radius 3 is 2.35 bits per heavy atom. The summed E-state index contributed by atoms with van der Waals surface area (Å²) in [6.45, 7) is 1.56. The molecule has 0 bridgehead atoms. The normalized spacial score (nSPS) is 21.4. The van der Waals surface area contributed by atoms with Gasteiger partial charge in [-0.05, 0) is 66.8 Å². The number of hydrogen-bond donors (Lipinski definition) is 1. The molecule has 12 heteroatoms. The number of carboxylic acid groups (broad SMARTS) is 1. The topological polar surface area (TPSA) is 104 Å². The van der Waals surface area contributed by atoms with Gasteiger partial charge in [0, 0.05) is 10.0 Å². The summed E-state index contributed by atoms with van der Waals surface area (Å²) in [5.74, 6) is -2.54. The van der Waals surface area contributed by atoms with Crippen molar-refractivity contribution in [2.75, 3.05) is 10.8 Å². The second kappa shape index (κ2) is 12.8. The lowest BCUT2D eigenvalue weighted by molar-refractivity contribution is -0.183. The third-order valence-electron chi connectivity index (χ3n) is 7.79. The van der Waals surface area contributed by atoms with E-state index in [1.54, 1.807) is 61.5 Å². The highest BCUT2D eigenvalue weighted by Crippen LogP contribution is 2.45. The van der Waals surface area contributed by atoms with E-state index in [1.165, 1.54) is 23.1 Å². The van der Waals surface area contributed by atoms with Crippen molar-refractivity contribution >= 4 is 50.8 Å². The lowest BCUT2D eigenvalue weighted by Crippen LogP contribution is -2.58. The van der Waals surface area contributed by atoms with Crippen LogP contribution in [0.3, 0.4) is 0 Å². The molecule has 0 radical (unpaired) electrons. The molecule has 1 aliphatic heterocycles. The molecule has 1 unspecified atom stereocenters. The molecule has 1 N–H and O–H groups in total. The number of sulfonamides is 1. The van der Waals surface area contributed by atoms with Crippen molar-refractivity contribution in [3.63, 3.8) is 0 Å². The number of hydrogen-bond acceptors (Lipinski definition) is 5. The summed E-state index contributed by atoms with van der Waals surface area (Å²) in [7, 11) is -3.96. The number of anilines is 1. The van der Waals surface area contributed by atoms with Crippen LogP contribution in [-0.4, -0.2) is 54.2 Å². The van der Waals surface area contributed by atoms with Crippen LogP contribution in [0.15, 0.2) is 72.8 Å². The summed E-state index contributed by atoms with van der Waals surface area (Å²) in [5, 5.41) is 9.91. The van der Waals surface area contributed by atoms with Gasteiger partial charge in [-0.2, -0.15) is 0 Å². The van der Waals surface area contributed by atoms with Gasteiger partial charge in [0.2, 0.25) is 10.0 Å². The Bertz CT molecular complexity index is 1600. The molecule has 0 spiro atoms. The number of benzene rings is 3. The molecule has 43 heavy (non-hydrogen) atoms. The molecule has 228 valence electrons. The maximum Gasteiger partial charge on any atom is 0.306 e. The van der Waals surface area contributed by atoms with Crippen molar-refractivity contribution in [3.8, 4) is 0 Å². The van der Waals surface area contributed by atoms with E-state index in [0.29, 0.717) is 34.0 Å². The Labute approximate surface area is 260 Å². The Morgan fingerprint density at radius 2 is 1.74 bits per heavy atom. The van der Waals surface area contributed by atoms with Crippen LogP contribution in [0, 0.1) is 5.82 Å². The Balaban J connectivity index is 1.66. The van der Waals surface area contributed by atoms with Crippen LogP contribution in [-0.2, 0) is 24.3 Å². The summed E-state index contributed by atoms with van der Waals surface area (Å²) in [5.41, 5.74) is 1.13. The van der Waals surface area contributed by atoms with Gasteiger partial charge in [0.15, 0.2) is 0 Å². The molecule has 1 saturated carbocycles. The van der Waals surface area contributed by atoms with E-state index in [4.69, 9.17) is 27.9 Å². The largest absolute Gasteiger partial charge is 0.481 e. The zero-order valence-corrected chi connectivity index (χ0v) is 25.6. The van der Waals surface area contributed by atoms with Gasteiger partial charge in [-0.15, -0.1) is 0 Å². The summed E-state index contributed by atoms with van der Waals surface area (Å²) in [6.07, 6.45) is -1.62. The van der Waals surface area contributed by atoms with Crippen LogP contribution >= 0.6 is 23.2 Å². The number of nitrogens with zero attached hydrogens (tertiary/aromatic N) is 2. The van der Waals surface area contributed by atoms with Gasteiger partial charge in [0.25, 0.3) is 5.91 Å². The van der Waals surface area contributed by atoms with Crippen LogP contribution in [0.2, 0.25) is 10.0 Å². The van der Waals surface area contributed by atoms with Crippen LogP contribution < -0.4 is 4.31 Å². The van der Waals surface area contributed by atoms with E-state index in [-0.39, 0.29) is 18.7 Å². The summed E-state index contributed by atoms with van der Waals surface area (Å²) in [6, 6.07) is 17.7. The highest BCUT2D eigenvalue weighted by atomic mass is 35.5. The smallest absolute Gasteiger partial charge is 0.306 e. The maximum atomic E-state index is 15.1. The first-order chi connectivity index (χ1) is 20.5. The lowest BCUT2D eigenvalue weighted by Gasteiger charge is -2.48. The van der Waals surface area contributed by atoms with Gasteiger partial charge >= 0.3 is 5.97 Å². The summed E-state index contributed by atoms with van der Waals surface area (Å²) >= 11 is 12.5. The van der Waals surface area contributed by atoms with E-state index >= 15 is 4.39 Å². The fourth-order valence-corrected chi connectivity index (χ4v) is 7.76. The van der Waals surface area contributed by atoms with E-state index < -0.39 is 63.7 Å². The van der Waals surface area contributed by atoms with Gasteiger partial charge in [0.1, 0.15) is 18.0 Å². The molecule has 2 aliphatic rings. The SMILES string of the molecule is CCC(CN(c1ccccc1F)S(=O)(=O)C1CC1)N1C(=O)[C@H](CC(=O)O)O[C@H](c2cccc(Cl)c2)[C@H]1c1ccc(Cl)cc1. The van der Waals surface area contributed by atoms with Gasteiger partial charge in [0.05, 0.1) is 36.0 Å². The number of rotatable bonds is 11. The van der Waals surface area contributed by atoms with Crippen LogP contribution in [0.1, 0.15) is 55.9 Å². The number of amides is 1. The van der Waals surface area contributed by atoms with Crippen molar-refractivity contribution < 1.29 is 32.2 Å². The van der Waals surface area contributed by atoms with Gasteiger partial charge < -0.3 is 14.7 Å². The number of carboxylic acids is 1. The molecular formula is C31H31Cl2FN2O6S. The predicted octanol–water partition coefficient (Wildman–Crippen LogP) is 6.39. The number of morpholine rings is 1. The minimum absolute atomic E-state index is 0.106. The molecule has 3 aromatic carbocycles. The van der Waals surface area contributed by atoms with Gasteiger partial charge in [-0.3, -0.25) is 13.9 Å². The monoisotopic (exact) mass is 648 g/mol. The molecule has 1 heterocycles. The number of carbonyl (C=O) groups is 2. The minimum Gasteiger partial charge on any atom is -0.481 e. The Morgan fingerprint density at radius 1 is 1.05 bits per heavy atom. The number of carbonyl (C=O) groups excluding carboxylic acids is 1. The molecule has 0 aromatic heterocycles. The van der Waals surface area contributed by atoms with E-state index in [9.17, 15) is 23.1 Å². The fourth-order valence-electron chi connectivity index (χ4n) is 5.54. The zero-order valence-electron chi connectivity index (χ0n) is 23.3. The van der Waals surface area contributed by atoms with Crippen molar-refractivity contribution in [2.45, 2.75) is 62.1 Å². The van der Waals surface area contributed by atoms with Crippen molar-refractivity contribution in [2.24, 2.45) is 0 Å². The first-order valence-corrected chi connectivity index (χ1v) is 16.2. The summed E-state index contributed by atoms with van der Waals surface area (Å²) < 4.78 is 49.9. The number of aliphatic carboxylic acids is 1. The molecule has 5 rings (SSSR count). The molecule has 8 nitrogen and oxygen atoms in total. The van der Waals surface area contributed by atoms with Crippen molar-refractivity contribution in [1.29, 1.82) is 0 Å². The molecule has 4 atom stereocenters. The minimum atomic E-state index is -3.96. The van der Waals surface area contributed by atoms with Gasteiger partial charge in [-0.1, -0.05) is 66.5 Å². The number of ether oxygens (including phenoxy) is 1.